The van der Waals surface area contributed by atoms with Crippen molar-refractivity contribution in [3.8, 4) is 11.5 Å². The number of thiazole rings is 1. The number of aromatic nitrogens is 1. The lowest BCUT2D eigenvalue weighted by atomic mass is 10.2. The molecule has 0 atom stereocenters. The summed E-state index contributed by atoms with van der Waals surface area (Å²) in [4.78, 5) is 28.3. The van der Waals surface area contributed by atoms with Crippen LogP contribution in [0.3, 0.4) is 0 Å². The fourth-order valence-corrected chi connectivity index (χ4v) is 3.58. The summed E-state index contributed by atoms with van der Waals surface area (Å²) in [6, 6.07) is 10.5. The molecule has 1 heterocycles. The average molecular weight is 413 g/mol. The molecule has 0 saturated heterocycles. The molecule has 2 aromatic carbocycles. The molecule has 0 spiro atoms. The lowest BCUT2D eigenvalue weighted by Gasteiger charge is -2.11. The Kier molecular flexibility index (Phi) is 6.66. The van der Waals surface area contributed by atoms with Gasteiger partial charge in [-0.05, 0) is 42.8 Å². The molecule has 2 amide bonds. The smallest absolute Gasteiger partial charge is 0.257 e. The highest BCUT2D eigenvalue weighted by Gasteiger charge is 2.14. The summed E-state index contributed by atoms with van der Waals surface area (Å²) in [5.41, 5.74) is 1.88. The van der Waals surface area contributed by atoms with Crippen molar-refractivity contribution in [2.75, 3.05) is 24.4 Å². The fourth-order valence-electron chi connectivity index (χ4n) is 2.68. The van der Waals surface area contributed by atoms with E-state index >= 15 is 0 Å². The first-order valence-corrected chi connectivity index (χ1v) is 10.1. The van der Waals surface area contributed by atoms with E-state index in [1.165, 1.54) is 18.3 Å². The number of unbranched alkanes of at least 4 members (excludes halogenated alkanes) is 1. The van der Waals surface area contributed by atoms with E-state index in [0.29, 0.717) is 34.5 Å². The molecular formula is C21H23N3O4S. The van der Waals surface area contributed by atoms with Gasteiger partial charge < -0.3 is 14.8 Å². The normalized spacial score (nSPS) is 10.6. The summed E-state index contributed by atoms with van der Waals surface area (Å²) in [6.07, 6.45) is 1.99. The largest absolute Gasteiger partial charge is 0.493 e. The van der Waals surface area contributed by atoms with Crippen LogP contribution in [-0.4, -0.2) is 30.5 Å². The standard InChI is InChI=1S/C21H23N3O4S/c1-4-5-10-28-17-9-6-14(11-18(17)27-3)20(26)24-21-23-16-8-7-15(22-13(2)25)12-19(16)29-21/h6-9,11-12H,4-5,10H2,1-3H3,(H,22,25)(H,23,24,26). The second kappa shape index (κ2) is 9.38. The SMILES string of the molecule is CCCCOc1ccc(C(=O)Nc2nc3ccc(NC(C)=O)cc3s2)cc1OC. The minimum absolute atomic E-state index is 0.140. The van der Waals surface area contributed by atoms with Crippen LogP contribution in [0.25, 0.3) is 10.2 Å². The zero-order valence-electron chi connectivity index (χ0n) is 16.6. The number of amides is 2. The zero-order chi connectivity index (χ0) is 20.8. The molecule has 0 aliphatic heterocycles. The van der Waals surface area contributed by atoms with E-state index in [4.69, 9.17) is 9.47 Å². The summed E-state index contributed by atoms with van der Waals surface area (Å²) in [5, 5.41) is 6.03. The summed E-state index contributed by atoms with van der Waals surface area (Å²) < 4.78 is 11.9. The van der Waals surface area contributed by atoms with Crippen molar-refractivity contribution in [3.05, 3.63) is 42.0 Å². The maximum absolute atomic E-state index is 12.6. The maximum Gasteiger partial charge on any atom is 0.257 e. The van der Waals surface area contributed by atoms with Crippen LogP contribution in [0.15, 0.2) is 36.4 Å². The summed E-state index contributed by atoms with van der Waals surface area (Å²) in [7, 11) is 1.55. The number of anilines is 2. The molecule has 0 radical (unpaired) electrons. The summed E-state index contributed by atoms with van der Waals surface area (Å²) >= 11 is 1.34. The van der Waals surface area contributed by atoms with Gasteiger partial charge >= 0.3 is 0 Å². The van der Waals surface area contributed by atoms with Crippen molar-refractivity contribution >= 4 is 44.2 Å². The number of benzene rings is 2. The van der Waals surface area contributed by atoms with Gasteiger partial charge in [-0.2, -0.15) is 0 Å². The molecule has 152 valence electrons. The Morgan fingerprint density at radius 1 is 1.10 bits per heavy atom. The van der Waals surface area contributed by atoms with Gasteiger partial charge in [0.15, 0.2) is 16.6 Å². The molecule has 0 saturated carbocycles. The first-order valence-electron chi connectivity index (χ1n) is 9.30. The highest BCUT2D eigenvalue weighted by atomic mass is 32.1. The average Bonchev–Trinajstić information content (AvgIpc) is 3.09. The lowest BCUT2D eigenvalue weighted by molar-refractivity contribution is -0.114. The number of methoxy groups -OCH3 is 1. The van der Waals surface area contributed by atoms with Crippen LogP contribution < -0.4 is 20.1 Å². The van der Waals surface area contributed by atoms with Crippen LogP contribution in [-0.2, 0) is 4.79 Å². The Morgan fingerprint density at radius 2 is 1.93 bits per heavy atom. The first-order chi connectivity index (χ1) is 14.0. The molecule has 7 nitrogen and oxygen atoms in total. The molecule has 0 fully saturated rings. The van der Waals surface area contributed by atoms with Crippen LogP contribution in [0, 0.1) is 0 Å². The molecule has 3 aromatic rings. The minimum atomic E-state index is -0.287. The maximum atomic E-state index is 12.6. The Bertz CT molecular complexity index is 1030. The predicted molar refractivity (Wildman–Crippen MR) is 115 cm³/mol. The monoisotopic (exact) mass is 413 g/mol. The van der Waals surface area contributed by atoms with Crippen LogP contribution in [0.2, 0.25) is 0 Å². The van der Waals surface area contributed by atoms with Crippen molar-refractivity contribution in [3.63, 3.8) is 0 Å². The molecular weight excluding hydrogens is 390 g/mol. The van der Waals surface area contributed by atoms with Gasteiger partial charge in [0.1, 0.15) is 0 Å². The number of carbonyl (C=O) groups is 2. The van der Waals surface area contributed by atoms with Crippen LogP contribution in [0.1, 0.15) is 37.0 Å². The third-order valence-corrected chi connectivity index (χ3v) is 5.04. The topological polar surface area (TPSA) is 89.5 Å². The lowest BCUT2D eigenvalue weighted by Crippen LogP contribution is -2.12. The van der Waals surface area contributed by atoms with E-state index in [1.807, 2.05) is 6.07 Å². The molecule has 3 rings (SSSR count). The van der Waals surface area contributed by atoms with Gasteiger partial charge in [0, 0.05) is 18.2 Å². The number of nitrogens with zero attached hydrogens (tertiary/aromatic N) is 1. The Hall–Kier alpha value is -3.13. The predicted octanol–water partition coefficient (Wildman–Crippen LogP) is 4.69. The third-order valence-electron chi connectivity index (χ3n) is 4.11. The van der Waals surface area contributed by atoms with Crippen molar-refractivity contribution in [2.24, 2.45) is 0 Å². The van der Waals surface area contributed by atoms with Crippen LogP contribution in [0.4, 0.5) is 10.8 Å². The summed E-state index contributed by atoms with van der Waals surface area (Å²) in [5.74, 6) is 0.698. The Labute approximate surface area is 173 Å². The molecule has 0 bridgehead atoms. The number of ether oxygens (including phenoxy) is 2. The fraction of sp³-hybridized carbons (Fsp3) is 0.286. The zero-order valence-corrected chi connectivity index (χ0v) is 17.4. The van der Waals surface area contributed by atoms with Crippen molar-refractivity contribution in [1.82, 2.24) is 4.98 Å². The van der Waals surface area contributed by atoms with Gasteiger partial charge in [-0.25, -0.2) is 4.98 Å². The van der Waals surface area contributed by atoms with Gasteiger partial charge in [0.25, 0.3) is 5.91 Å². The van der Waals surface area contributed by atoms with Gasteiger partial charge in [0.05, 0.1) is 23.9 Å². The Balaban J connectivity index is 1.74. The van der Waals surface area contributed by atoms with Crippen molar-refractivity contribution in [2.45, 2.75) is 26.7 Å². The quantitative estimate of drug-likeness (QED) is 0.523. The second-order valence-corrected chi connectivity index (χ2v) is 7.44. The van der Waals surface area contributed by atoms with Gasteiger partial charge in [0.2, 0.25) is 5.91 Å². The third kappa shape index (κ3) is 5.23. The summed E-state index contributed by atoms with van der Waals surface area (Å²) in [6.45, 7) is 4.15. The number of hydrogen-bond acceptors (Lipinski definition) is 6. The highest BCUT2D eigenvalue weighted by Crippen LogP contribution is 2.31. The van der Waals surface area contributed by atoms with Crippen molar-refractivity contribution in [1.29, 1.82) is 0 Å². The number of rotatable bonds is 8. The first kappa shape index (κ1) is 20.6. The molecule has 2 N–H and O–H groups in total. The van der Waals surface area contributed by atoms with E-state index < -0.39 is 0 Å². The molecule has 1 aromatic heterocycles. The number of carbonyl (C=O) groups excluding carboxylic acids is 2. The molecule has 0 unspecified atom stereocenters. The van der Waals surface area contributed by atoms with Gasteiger partial charge in [-0.3, -0.25) is 14.9 Å². The van der Waals surface area contributed by atoms with E-state index in [2.05, 4.69) is 22.5 Å². The van der Waals surface area contributed by atoms with E-state index in [9.17, 15) is 9.59 Å². The van der Waals surface area contributed by atoms with E-state index in [0.717, 1.165) is 23.1 Å². The molecule has 8 heteroatoms. The van der Waals surface area contributed by atoms with Gasteiger partial charge in [-0.1, -0.05) is 24.7 Å². The number of nitrogens with one attached hydrogen (secondary N) is 2. The van der Waals surface area contributed by atoms with Crippen molar-refractivity contribution < 1.29 is 19.1 Å². The molecule has 0 aliphatic rings. The van der Waals surface area contributed by atoms with E-state index in [1.54, 1.807) is 37.4 Å². The number of fused-ring (bicyclic) bond motifs is 1. The van der Waals surface area contributed by atoms with Crippen LogP contribution in [0.5, 0.6) is 11.5 Å². The Morgan fingerprint density at radius 3 is 2.66 bits per heavy atom. The number of hydrogen-bond donors (Lipinski definition) is 2. The van der Waals surface area contributed by atoms with E-state index in [-0.39, 0.29) is 11.8 Å². The second-order valence-electron chi connectivity index (χ2n) is 6.40. The molecule has 29 heavy (non-hydrogen) atoms. The van der Waals surface area contributed by atoms with Gasteiger partial charge in [-0.15, -0.1) is 0 Å². The highest BCUT2D eigenvalue weighted by molar-refractivity contribution is 7.22. The minimum Gasteiger partial charge on any atom is -0.493 e. The molecule has 0 aliphatic carbocycles. The van der Waals surface area contributed by atoms with Crippen LogP contribution >= 0.6 is 11.3 Å².